The SMILES string of the molecule is COC(=O)[C@@H]1[C@@H](O)[C@H](NCc2ccc(-c3ccccc3)cc2)CN1C(=O)OC(C)(C)C. The van der Waals surface area contributed by atoms with Crippen LogP contribution in [-0.2, 0) is 20.8 Å². The van der Waals surface area contributed by atoms with Crippen molar-refractivity contribution in [3.05, 3.63) is 60.2 Å². The summed E-state index contributed by atoms with van der Waals surface area (Å²) < 4.78 is 10.2. The molecule has 0 aromatic heterocycles. The summed E-state index contributed by atoms with van der Waals surface area (Å²) in [5.41, 5.74) is 2.57. The summed E-state index contributed by atoms with van der Waals surface area (Å²) in [5, 5.41) is 14.0. The number of aliphatic hydroxyl groups excluding tert-OH is 1. The van der Waals surface area contributed by atoms with Crippen LogP contribution in [0.5, 0.6) is 0 Å². The van der Waals surface area contributed by atoms with Crippen LogP contribution in [0, 0.1) is 0 Å². The Hall–Kier alpha value is -2.90. The summed E-state index contributed by atoms with van der Waals surface area (Å²) in [4.78, 5) is 26.1. The lowest BCUT2D eigenvalue weighted by Crippen LogP contribution is -2.48. The Balaban J connectivity index is 1.67. The van der Waals surface area contributed by atoms with E-state index < -0.39 is 35.9 Å². The van der Waals surface area contributed by atoms with E-state index in [2.05, 4.69) is 17.4 Å². The van der Waals surface area contributed by atoms with Gasteiger partial charge in [-0.25, -0.2) is 9.59 Å². The third-order valence-corrected chi connectivity index (χ3v) is 5.17. The van der Waals surface area contributed by atoms with Crippen LogP contribution < -0.4 is 5.32 Å². The van der Waals surface area contributed by atoms with Gasteiger partial charge in [-0.1, -0.05) is 54.6 Å². The van der Waals surface area contributed by atoms with Crippen LogP contribution in [0.4, 0.5) is 4.79 Å². The van der Waals surface area contributed by atoms with E-state index in [0.717, 1.165) is 16.7 Å². The van der Waals surface area contributed by atoms with Crippen molar-refractivity contribution in [3.63, 3.8) is 0 Å². The number of carbonyl (C=O) groups excluding carboxylic acids is 2. The number of likely N-dealkylation sites (tertiary alicyclic amines) is 1. The zero-order valence-electron chi connectivity index (χ0n) is 18.4. The van der Waals surface area contributed by atoms with Crippen molar-refractivity contribution in [2.75, 3.05) is 13.7 Å². The molecule has 2 aromatic rings. The molecule has 7 nitrogen and oxygen atoms in total. The van der Waals surface area contributed by atoms with E-state index in [-0.39, 0.29) is 6.54 Å². The molecule has 1 heterocycles. The van der Waals surface area contributed by atoms with Crippen LogP contribution in [0.15, 0.2) is 54.6 Å². The number of aliphatic hydroxyl groups is 1. The number of benzene rings is 2. The van der Waals surface area contributed by atoms with Gasteiger partial charge in [0.05, 0.1) is 13.2 Å². The average molecular weight is 427 g/mol. The van der Waals surface area contributed by atoms with Gasteiger partial charge in [-0.2, -0.15) is 0 Å². The molecule has 1 aliphatic rings. The summed E-state index contributed by atoms with van der Waals surface area (Å²) in [6, 6.07) is 16.6. The molecule has 3 rings (SSSR count). The lowest BCUT2D eigenvalue weighted by Gasteiger charge is -2.27. The van der Waals surface area contributed by atoms with Crippen molar-refractivity contribution in [2.45, 2.75) is 51.1 Å². The quantitative estimate of drug-likeness (QED) is 0.715. The van der Waals surface area contributed by atoms with Crippen LogP contribution in [0.3, 0.4) is 0 Å². The number of nitrogens with one attached hydrogen (secondary N) is 1. The first-order valence-corrected chi connectivity index (χ1v) is 10.3. The molecule has 0 unspecified atom stereocenters. The molecule has 166 valence electrons. The van der Waals surface area contributed by atoms with Crippen LogP contribution in [0.1, 0.15) is 26.3 Å². The van der Waals surface area contributed by atoms with Gasteiger partial charge in [-0.05, 0) is 37.5 Å². The number of rotatable bonds is 5. The van der Waals surface area contributed by atoms with E-state index in [1.807, 2.05) is 42.5 Å². The fraction of sp³-hybridized carbons (Fsp3) is 0.417. The first kappa shape index (κ1) is 22.8. The molecule has 0 radical (unpaired) electrons. The van der Waals surface area contributed by atoms with E-state index in [1.54, 1.807) is 20.8 Å². The maximum absolute atomic E-state index is 12.6. The first-order valence-electron chi connectivity index (χ1n) is 10.3. The lowest BCUT2D eigenvalue weighted by atomic mass is 10.0. The predicted octanol–water partition coefficient (Wildman–Crippen LogP) is 2.97. The molecule has 1 amide bonds. The minimum atomic E-state index is -1.11. The number of methoxy groups -OCH3 is 1. The Labute approximate surface area is 183 Å². The van der Waals surface area contributed by atoms with E-state index in [0.29, 0.717) is 6.54 Å². The Bertz CT molecular complexity index is 892. The number of esters is 1. The number of amides is 1. The molecular formula is C24H30N2O5. The highest BCUT2D eigenvalue weighted by Crippen LogP contribution is 2.24. The number of nitrogens with zero attached hydrogens (tertiary/aromatic N) is 1. The second-order valence-electron chi connectivity index (χ2n) is 8.64. The average Bonchev–Trinajstić information content (AvgIpc) is 3.08. The number of carbonyl (C=O) groups is 2. The van der Waals surface area contributed by atoms with Gasteiger partial charge in [0.2, 0.25) is 0 Å². The molecule has 3 atom stereocenters. The van der Waals surface area contributed by atoms with Gasteiger partial charge in [-0.3, -0.25) is 4.90 Å². The summed E-state index contributed by atoms with van der Waals surface area (Å²) >= 11 is 0. The van der Waals surface area contributed by atoms with E-state index in [1.165, 1.54) is 12.0 Å². The largest absolute Gasteiger partial charge is 0.467 e. The Morgan fingerprint density at radius 2 is 1.68 bits per heavy atom. The molecule has 31 heavy (non-hydrogen) atoms. The molecule has 0 aliphatic carbocycles. The van der Waals surface area contributed by atoms with Crippen molar-refractivity contribution >= 4 is 12.1 Å². The monoisotopic (exact) mass is 426 g/mol. The van der Waals surface area contributed by atoms with Crippen molar-refractivity contribution in [1.29, 1.82) is 0 Å². The van der Waals surface area contributed by atoms with Gasteiger partial charge in [0.15, 0.2) is 6.04 Å². The highest BCUT2D eigenvalue weighted by molar-refractivity contribution is 5.83. The fourth-order valence-corrected chi connectivity index (χ4v) is 3.61. The molecule has 1 aliphatic heterocycles. The summed E-state index contributed by atoms with van der Waals surface area (Å²) in [6.45, 7) is 5.86. The zero-order valence-corrected chi connectivity index (χ0v) is 18.4. The first-order chi connectivity index (χ1) is 14.7. The van der Waals surface area contributed by atoms with Crippen LogP contribution in [-0.4, -0.2) is 59.5 Å². The molecule has 1 saturated heterocycles. The van der Waals surface area contributed by atoms with Crippen LogP contribution in [0.25, 0.3) is 11.1 Å². The summed E-state index contributed by atoms with van der Waals surface area (Å²) in [5.74, 6) is -0.671. The lowest BCUT2D eigenvalue weighted by molar-refractivity contribution is -0.148. The van der Waals surface area contributed by atoms with E-state index in [4.69, 9.17) is 9.47 Å². The maximum Gasteiger partial charge on any atom is 0.411 e. The van der Waals surface area contributed by atoms with Crippen LogP contribution >= 0.6 is 0 Å². The molecule has 2 aromatic carbocycles. The van der Waals surface area contributed by atoms with Crippen molar-refractivity contribution in [2.24, 2.45) is 0 Å². The van der Waals surface area contributed by atoms with Crippen molar-refractivity contribution in [3.8, 4) is 11.1 Å². The minimum Gasteiger partial charge on any atom is -0.467 e. The third-order valence-electron chi connectivity index (χ3n) is 5.17. The molecule has 0 saturated carbocycles. The molecule has 0 spiro atoms. The zero-order chi connectivity index (χ0) is 22.6. The molecule has 0 bridgehead atoms. The molecule has 2 N–H and O–H groups in total. The summed E-state index contributed by atoms with van der Waals surface area (Å²) in [6.07, 6.45) is -1.76. The Morgan fingerprint density at radius 3 is 2.26 bits per heavy atom. The highest BCUT2D eigenvalue weighted by atomic mass is 16.6. The number of hydrogen-bond acceptors (Lipinski definition) is 6. The van der Waals surface area contributed by atoms with Gasteiger partial charge < -0.3 is 19.9 Å². The van der Waals surface area contributed by atoms with Crippen LogP contribution in [0.2, 0.25) is 0 Å². The summed E-state index contributed by atoms with van der Waals surface area (Å²) in [7, 11) is 1.23. The van der Waals surface area contributed by atoms with Crippen molar-refractivity contribution < 1.29 is 24.2 Å². The van der Waals surface area contributed by atoms with Gasteiger partial charge in [-0.15, -0.1) is 0 Å². The third kappa shape index (κ3) is 5.62. The molecular weight excluding hydrogens is 396 g/mol. The topological polar surface area (TPSA) is 88.1 Å². The smallest absolute Gasteiger partial charge is 0.411 e. The van der Waals surface area contributed by atoms with Gasteiger partial charge >= 0.3 is 12.1 Å². The highest BCUT2D eigenvalue weighted by Gasteiger charge is 2.49. The van der Waals surface area contributed by atoms with Gasteiger partial charge in [0, 0.05) is 13.1 Å². The fourth-order valence-electron chi connectivity index (χ4n) is 3.61. The predicted molar refractivity (Wildman–Crippen MR) is 117 cm³/mol. The second kappa shape index (κ2) is 9.49. The number of ether oxygens (including phenoxy) is 2. The minimum absolute atomic E-state index is 0.137. The van der Waals surface area contributed by atoms with Gasteiger partial charge in [0.25, 0.3) is 0 Å². The van der Waals surface area contributed by atoms with E-state index in [9.17, 15) is 14.7 Å². The van der Waals surface area contributed by atoms with Gasteiger partial charge in [0.1, 0.15) is 11.7 Å². The Morgan fingerprint density at radius 1 is 1.06 bits per heavy atom. The second-order valence-corrected chi connectivity index (χ2v) is 8.64. The van der Waals surface area contributed by atoms with E-state index >= 15 is 0 Å². The molecule has 1 fully saturated rings. The Kier molecular flexibility index (Phi) is 6.97. The standard InChI is InChI=1S/C24H30N2O5/c1-24(2,3)31-23(29)26-15-19(21(27)20(26)22(28)30-4)25-14-16-10-12-18(13-11-16)17-8-6-5-7-9-17/h5-13,19-21,25,27H,14-15H2,1-4H3/t19-,20+,21+/m1/s1. The normalized spacial score (nSPS) is 21.1. The van der Waals surface area contributed by atoms with Crippen molar-refractivity contribution in [1.82, 2.24) is 10.2 Å². The maximum atomic E-state index is 12.6. The molecule has 7 heteroatoms. The number of hydrogen-bond donors (Lipinski definition) is 2.